The summed E-state index contributed by atoms with van der Waals surface area (Å²) in [5, 5.41) is 19.8. The van der Waals surface area contributed by atoms with Crippen molar-refractivity contribution in [3.8, 4) is 11.5 Å². The standard InChI is InChI=1S/C28H27FN6O4S2/c1-34-24(15-30-27(37)17-7-4-8-18(29)13-17)31-32-28(34)41-16-25(36)35-21(14-20(33-35)23-11-6-12-40-23)19-9-5-10-22(38-2)26(19)39-3/h4-13,21H,14-16H2,1-3H3,(H,30,37). The number of amides is 2. The number of hydrogen-bond donors (Lipinski definition) is 1. The largest absolute Gasteiger partial charge is 0.493 e. The lowest BCUT2D eigenvalue weighted by atomic mass is 9.99. The number of ether oxygens (including phenoxy) is 2. The zero-order chi connectivity index (χ0) is 28.9. The Labute approximate surface area is 244 Å². The lowest BCUT2D eigenvalue weighted by Crippen LogP contribution is -2.29. The van der Waals surface area contributed by atoms with E-state index in [1.807, 2.05) is 35.7 Å². The van der Waals surface area contributed by atoms with Crippen LogP contribution in [0, 0.1) is 5.82 Å². The van der Waals surface area contributed by atoms with Crippen LogP contribution in [-0.2, 0) is 18.4 Å². The number of hydrogen-bond acceptors (Lipinski definition) is 9. The third-order valence-electron chi connectivity index (χ3n) is 6.51. The molecule has 1 N–H and O–H groups in total. The summed E-state index contributed by atoms with van der Waals surface area (Å²) in [6.45, 7) is 0.0889. The van der Waals surface area contributed by atoms with Crippen LogP contribution in [-0.4, -0.2) is 57.3 Å². The van der Waals surface area contributed by atoms with Gasteiger partial charge in [0.15, 0.2) is 22.5 Å². The van der Waals surface area contributed by atoms with Gasteiger partial charge in [-0.2, -0.15) is 5.10 Å². The molecule has 41 heavy (non-hydrogen) atoms. The van der Waals surface area contributed by atoms with Gasteiger partial charge < -0.3 is 19.4 Å². The average molecular weight is 595 g/mol. The Bertz CT molecular complexity index is 1590. The summed E-state index contributed by atoms with van der Waals surface area (Å²) in [5.41, 5.74) is 1.83. The van der Waals surface area contributed by atoms with Crippen LogP contribution in [0.3, 0.4) is 0 Å². The highest BCUT2D eigenvalue weighted by Crippen LogP contribution is 2.42. The van der Waals surface area contributed by atoms with Crippen molar-refractivity contribution in [1.29, 1.82) is 0 Å². The van der Waals surface area contributed by atoms with Crippen LogP contribution in [0.2, 0.25) is 0 Å². The van der Waals surface area contributed by atoms with Crippen molar-refractivity contribution < 1.29 is 23.5 Å². The minimum absolute atomic E-state index is 0.0611. The van der Waals surface area contributed by atoms with Crippen molar-refractivity contribution in [3.05, 3.63) is 87.6 Å². The van der Waals surface area contributed by atoms with Gasteiger partial charge in [0.05, 0.1) is 43.1 Å². The highest BCUT2D eigenvalue weighted by Gasteiger charge is 2.36. The number of rotatable bonds is 10. The number of nitrogens with one attached hydrogen (secondary N) is 1. The summed E-state index contributed by atoms with van der Waals surface area (Å²) in [4.78, 5) is 26.9. The van der Waals surface area contributed by atoms with Crippen molar-refractivity contribution in [1.82, 2.24) is 25.1 Å². The highest BCUT2D eigenvalue weighted by molar-refractivity contribution is 7.99. The molecule has 0 fully saturated rings. The number of aromatic nitrogens is 3. The van der Waals surface area contributed by atoms with Crippen LogP contribution in [0.1, 0.15) is 39.1 Å². The SMILES string of the molecule is COc1cccc(C2CC(c3cccs3)=NN2C(=O)CSc2nnc(CNC(=O)c3cccc(F)c3)n2C)c1OC. The van der Waals surface area contributed by atoms with E-state index in [4.69, 9.17) is 14.6 Å². The lowest BCUT2D eigenvalue weighted by molar-refractivity contribution is -0.130. The van der Waals surface area contributed by atoms with E-state index < -0.39 is 11.7 Å². The molecule has 0 bridgehead atoms. The normalized spacial score (nSPS) is 14.6. The molecule has 0 radical (unpaired) electrons. The number of hydrazone groups is 1. The van der Waals surface area contributed by atoms with Crippen molar-refractivity contribution in [2.45, 2.75) is 24.2 Å². The van der Waals surface area contributed by atoms with E-state index in [-0.39, 0.29) is 29.8 Å². The molecular weight excluding hydrogens is 567 g/mol. The maximum Gasteiger partial charge on any atom is 0.253 e. The molecule has 4 aromatic rings. The van der Waals surface area contributed by atoms with Crippen LogP contribution in [0.5, 0.6) is 11.5 Å². The van der Waals surface area contributed by atoms with Gasteiger partial charge in [-0.15, -0.1) is 21.5 Å². The number of benzene rings is 2. The molecule has 3 heterocycles. The fraction of sp³-hybridized carbons (Fsp3) is 0.250. The summed E-state index contributed by atoms with van der Waals surface area (Å²) < 4.78 is 26.3. The second kappa shape index (κ2) is 12.5. The van der Waals surface area contributed by atoms with E-state index >= 15 is 0 Å². The first-order valence-corrected chi connectivity index (χ1v) is 14.4. The van der Waals surface area contributed by atoms with Gasteiger partial charge >= 0.3 is 0 Å². The van der Waals surface area contributed by atoms with Gasteiger partial charge in [0.25, 0.3) is 11.8 Å². The number of carbonyl (C=O) groups excluding carboxylic acids is 2. The van der Waals surface area contributed by atoms with Crippen molar-refractivity contribution in [2.24, 2.45) is 12.1 Å². The zero-order valence-corrected chi connectivity index (χ0v) is 24.2. The number of halogens is 1. The minimum atomic E-state index is -0.489. The number of methoxy groups -OCH3 is 2. The second-order valence-electron chi connectivity index (χ2n) is 9.00. The smallest absolute Gasteiger partial charge is 0.253 e. The first-order chi connectivity index (χ1) is 19.9. The summed E-state index contributed by atoms with van der Waals surface area (Å²) >= 11 is 2.79. The highest BCUT2D eigenvalue weighted by atomic mass is 32.2. The van der Waals surface area contributed by atoms with Crippen molar-refractivity contribution in [3.63, 3.8) is 0 Å². The van der Waals surface area contributed by atoms with Crippen LogP contribution in [0.15, 0.2) is 70.2 Å². The third kappa shape index (κ3) is 6.10. The molecule has 2 aromatic carbocycles. The predicted molar refractivity (Wildman–Crippen MR) is 154 cm³/mol. The van der Waals surface area contributed by atoms with Crippen molar-refractivity contribution in [2.75, 3.05) is 20.0 Å². The summed E-state index contributed by atoms with van der Waals surface area (Å²) in [6, 6.07) is 14.6. The maximum atomic E-state index is 13.6. The molecule has 10 nitrogen and oxygen atoms in total. The van der Waals surface area contributed by atoms with E-state index in [1.54, 1.807) is 37.2 Å². The number of thiophene rings is 1. The minimum Gasteiger partial charge on any atom is -0.493 e. The fourth-order valence-electron chi connectivity index (χ4n) is 4.46. The Hall–Kier alpha value is -4.23. The zero-order valence-electron chi connectivity index (χ0n) is 22.5. The Morgan fingerprint density at radius 3 is 2.68 bits per heavy atom. The summed E-state index contributed by atoms with van der Waals surface area (Å²) in [6.07, 6.45) is 0.527. The van der Waals surface area contributed by atoms with Gasteiger partial charge in [-0.05, 0) is 35.7 Å². The molecule has 212 valence electrons. The van der Waals surface area contributed by atoms with Crippen LogP contribution >= 0.6 is 23.1 Å². The van der Waals surface area contributed by atoms with Crippen LogP contribution in [0.25, 0.3) is 0 Å². The monoisotopic (exact) mass is 594 g/mol. The molecule has 2 amide bonds. The van der Waals surface area contributed by atoms with Gasteiger partial charge in [0.1, 0.15) is 5.82 Å². The lowest BCUT2D eigenvalue weighted by Gasteiger charge is -2.24. The van der Waals surface area contributed by atoms with E-state index in [2.05, 4.69) is 15.5 Å². The predicted octanol–water partition coefficient (Wildman–Crippen LogP) is 4.43. The molecule has 0 aliphatic carbocycles. The maximum absolute atomic E-state index is 13.6. The molecule has 0 spiro atoms. The summed E-state index contributed by atoms with van der Waals surface area (Å²) in [7, 11) is 4.90. The molecule has 0 saturated carbocycles. The van der Waals surface area contributed by atoms with E-state index in [9.17, 15) is 14.0 Å². The fourth-order valence-corrected chi connectivity index (χ4v) is 5.96. The molecule has 1 aliphatic heterocycles. The molecule has 1 atom stereocenters. The van der Waals surface area contributed by atoms with E-state index in [0.717, 1.165) is 22.2 Å². The van der Waals surface area contributed by atoms with E-state index in [0.29, 0.717) is 28.9 Å². The Morgan fingerprint density at radius 1 is 1.12 bits per heavy atom. The van der Waals surface area contributed by atoms with E-state index in [1.165, 1.54) is 35.0 Å². The first-order valence-electron chi connectivity index (χ1n) is 12.6. The molecule has 1 aliphatic rings. The van der Waals surface area contributed by atoms with Crippen LogP contribution in [0.4, 0.5) is 4.39 Å². The number of nitrogens with zero attached hydrogens (tertiary/aromatic N) is 5. The topological polar surface area (TPSA) is 111 Å². The van der Waals surface area contributed by atoms with Gasteiger partial charge in [0.2, 0.25) is 0 Å². The Morgan fingerprint density at radius 2 is 1.95 bits per heavy atom. The Balaban J connectivity index is 1.29. The second-order valence-corrected chi connectivity index (χ2v) is 10.9. The van der Waals surface area contributed by atoms with Gasteiger partial charge in [0, 0.05) is 24.6 Å². The number of carbonyl (C=O) groups is 2. The molecule has 13 heteroatoms. The number of thioether (sulfide) groups is 1. The molecule has 5 rings (SSSR count). The average Bonchev–Trinajstić information content (AvgIpc) is 3.75. The number of para-hydroxylation sites is 1. The molecular formula is C28H27FN6O4S2. The van der Waals surface area contributed by atoms with Gasteiger partial charge in [-0.25, -0.2) is 9.40 Å². The first kappa shape index (κ1) is 28.3. The molecule has 0 saturated heterocycles. The van der Waals surface area contributed by atoms with Gasteiger partial charge in [-0.3, -0.25) is 9.59 Å². The third-order valence-corrected chi connectivity index (χ3v) is 8.43. The molecule has 2 aromatic heterocycles. The van der Waals surface area contributed by atoms with Crippen LogP contribution < -0.4 is 14.8 Å². The van der Waals surface area contributed by atoms with Crippen molar-refractivity contribution >= 4 is 40.6 Å². The molecule has 1 unspecified atom stereocenters. The summed E-state index contributed by atoms with van der Waals surface area (Å²) in [5.74, 6) is 0.564. The quantitative estimate of drug-likeness (QED) is 0.271. The Kier molecular flexibility index (Phi) is 8.64. The van der Waals surface area contributed by atoms with Gasteiger partial charge in [-0.1, -0.05) is 36.0 Å².